The summed E-state index contributed by atoms with van der Waals surface area (Å²) in [5.41, 5.74) is -3.37. The van der Waals surface area contributed by atoms with Gasteiger partial charge in [-0.3, -0.25) is 0 Å². The predicted molar refractivity (Wildman–Crippen MR) is 143 cm³/mol. The van der Waals surface area contributed by atoms with Crippen LogP contribution in [0.5, 0.6) is 0 Å². The maximum Gasteiger partial charge on any atom is 0.420 e. The molecule has 2 amide bonds. The number of nitrogens with zero attached hydrogens (tertiary/aromatic N) is 1. The van der Waals surface area contributed by atoms with Crippen LogP contribution in [0, 0.1) is 0 Å². The molecular weight excluding hydrogens is 478 g/mol. The molecule has 0 saturated heterocycles. The molecule has 0 bridgehead atoms. The number of hydrogen-bond acceptors (Lipinski definition) is 7. The summed E-state index contributed by atoms with van der Waals surface area (Å²) in [5.74, 6) is -0.623. The molecule has 0 aromatic carbocycles. The molecule has 1 unspecified atom stereocenters. The minimum Gasteiger partial charge on any atom is -0.461 e. The van der Waals surface area contributed by atoms with Crippen molar-refractivity contribution in [2.75, 3.05) is 0 Å². The van der Waals surface area contributed by atoms with Crippen LogP contribution in [0.1, 0.15) is 114 Å². The first-order chi connectivity index (χ1) is 16.1. The zero-order valence-corrected chi connectivity index (χ0v) is 25.6. The fourth-order valence-electron chi connectivity index (χ4n) is 4.02. The standard InChI is InChI=1S/C27H51NO7Si/c1-24(2,3)34-22(30)28(23(31)35-25(4,5)6)27(9,21(29)33-20-16-12-13-17-20)19-15-14-18-26(7,8)36(10,11)32/h20,32H,12-19H2,1-11H3. The molecule has 9 heteroatoms. The Kier molecular flexibility index (Phi) is 10.7. The van der Waals surface area contributed by atoms with Crippen LogP contribution < -0.4 is 0 Å². The molecule has 8 nitrogen and oxygen atoms in total. The Morgan fingerprint density at radius 2 is 1.22 bits per heavy atom. The van der Waals surface area contributed by atoms with Gasteiger partial charge in [0.1, 0.15) is 17.3 Å². The largest absolute Gasteiger partial charge is 0.461 e. The van der Waals surface area contributed by atoms with E-state index in [0.29, 0.717) is 12.8 Å². The topological polar surface area (TPSA) is 102 Å². The van der Waals surface area contributed by atoms with Gasteiger partial charge < -0.3 is 19.0 Å². The lowest BCUT2D eigenvalue weighted by Crippen LogP contribution is -2.60. The van der Waals surface area contributed by atoms with Crippen molar-refractivity contribution in [2.45, 2.75) is 155 Å². The molecule has 0 aromatic heterocycles. The molecule has 1 fully saturated rings. The van der Waals surface area contributed by atoms with Crippen molar-refractivity contribution in [2.24, 2.45) is 0 Å². The summed E-state index contributed by atoms with van der Waals surface area (Å²) < 4.78 is 17.0. The summed E-state index contributed by atoms with van der Waals surface area (Å²) in [6.45, 7) is 19.7. The smallest absolute Gasteiger partial charge is 0.420 e. The van der Waals surface area contributed by atoms with Gasteiger partial charge in [0.2, 0.25) is 0 Å². The SMILES string of the molecule is CC(C)(C)OC(=O)N(C(=O)OC(C)(C)C)C(C)(CCCCC(C)(C)[Si](C)(C)O)C(=O)OC1CCCC1. The number of ether oxygens (including phenoxy) is 3. The van der Waals surface area contributed by atoms with Gasteiger partial charge in [0.15, 0.2) is 13.9 Å². The molecule has 210 valence electrons. The highest BCUT2D eigenvalue weighted by molar-refractivity contribution is 6.72. The third-order valence-corrected chi connectivity index (χ3v) is 10.6. The molecule has 0 heterocycles. The summed E-state index contributed by atoms with van der Waals surface area (Å²) in [4.78, 5) is 51.8. The van der Waals surface area contributed by atoms with E-state index >= 15 is 0 Å². The summed E-state index contributed by atoms with van der Waals surface area (Å²) in [7, 11) is -2.39. The second-order valence-corrected chi connectivity index (χ2v) is 18.0. The minimum atomic E-state index is -2.39. The normalized spacial score (nSPS) is 17.3. The van der Waals surface area contributed by atoms with E-state index in [2.05, 4.69) is 13.8 Å². The lowest BCUT2D eigenvalue weighted by atomic mass is 9.91. The zero-order chi connectivity index (χ0) is 28.2. The van der Waals surface area contributed by atoms with Crippen molar-refractivity contribution in [3.05, 3.63) is 0 Å². The van der Waals surface area contributed by atoms with Crippen molar-refractivity contribution < 1.29 is 33.4 Å². The highest BCUT2D eigenvalue weighted by atomic mass is 28.4. The number of esters is 1. The molecule has 0 spiro atoms. The molecule has 1 N–H and O–H groups in total. The maximum atomic E-state index is 13.6. The van der Waals surface area contributed by atoms with Crippen molar-refractivity contribution in [1.82, 2.24) is 4.90 Å². The molecule has 1 saturated carbocycles. The molecule has 1 aliphatic carbocycles. The number of hydrogen-bond donors (Lipinski definition) is 1. The van der Waals surface area contributed by atoms with Crippen LogP contribution in [0.15, 0.2) is 0 Å². The van der Waals surface area contributed by atoms with E-state index in [4.69, 9.17) is 14.2 Å². The van der Waals surface area contributed by atoms with Gasteiger partial charge in [0, 0.05) is 0 Å². The number of unbranched alkanes of at least 4 members (excludes halogenated alkanes) is 1. The summed E-state index contributed by atoms with van der Waals surface area (Å²) in [5, 5.41) is -0.218. The molecule has 0 aromatic rings. The second-order valence-electron chi connectivity index (χ2n) is 13.5. The van der Waals surface area contributed by atoms with Crippen molar-refractivity contribution in [1.29, 1.82) is 0 Å². The van der Waals surface area contributed by atoms with E-state index in [9.17, 15) is 19.2 Å². The molecule has 1 rings (SSSR count). The van der Waals surface area contributed by atoms with Crippen molar-refractivity contribution in [3.63, 3.8) is 0 Å². The van der Waals surface area contributed by atoms with E-state index in [1.54, 1.807) is 48.5 Å². The minimum absolute atomic E-state index is 0.195. The molecule has 1 atom stereocenters. The van der Waals surface area contributed by atoms with Crippen molar-refractivity contribution >= 4 is 26.5 Å². The van der Waals surface area contributed by atoms with Gasteiger partial charge in [-0.2, -0.15) is 4.90 Å². The second kappa shape index (κ2) is 11.8. The first-order valence-electron chi connectivity index (χ1n) is 13.3. The summed E-state index contributed by atoms with van der Waals surface area (Å²) >= 11 is 0. The maximum absolute atomic E-state index is 13.6. The lowest BCUT2D eigenvalue weighted by molar-refractivity contribution is -0.162. The molecular formula is C27H51NO7Si. The van der Waals surface area contributed by atoms with Gasteiger partial charge in [0.05, 0.1) is 0 Å². The van der Waals surface area contributed by atoms with Crippen LogP contribution in [0.25, 0.3) is 0 Å². The van der Waals surface area contributed by atoms with Gasteiger partial charge in [-0.25, -0.2) is 14.4 Å². The fraction of sp³-hybridized carbons (Fsp3) is 0.889. The fourth-order valence-corrected chi connectivity index (χ4v) is 4.81. The van der Waals surface area contributed by atoms with E-state index in [0.717, 1.165) is 37.0 Å². The molecule has 0 radical (unpaired) electrons. The molecule has 1 aliphatic rings. The average molecular weight is 530 g/mol. The Labute approximate surface area is 219 Å². The number of imide groups is 1. The Morgan fingerprint density at radius 1 is 0.806 bits per heavy atom. The van der Waals surface area contributed by atoms with E-state index in [1.807, 2.05) is 13.1 Å². The molecule has 36 heavy (non-hydrogen) atoms. The van der Waals surface area contributed by atoms with Crippen LogP contribution in [-0.2, 0) is 19.0 Å². The summed E-state index contributed by atoms with van der Waals surface area (Å²) in [6, 6.07) is 0. The predicted octanol–water partition coefficient (Wildman–Crippen LogP) is 6.94. The van der Waals surface area contributed by atoms with Crippen LogP contribution in [0.2, 0.25) is 18.1 Å². The Hall–Kier alpha value is -1.61. The third kappa shape index (κ3) is 9.69. The Morgan fingerprint density at radius 3 is 1.61 bits per heavy atom. The third-order valence-electron chi connectivity index (χ3n) is 7.03. The first kappa shape index (κ1) is 32.4. The van der Waals surface area contributed by atoms with Gasteiger partial charge in [-0.05, 0) is 105 Å². The average Bonchev–Trinajstić information content (AvgIpc) is 3.14. The van der Waals surface area contributed by atoms with E-state index in [1.165, 1.54) is 0 Å². The van der Waals surface area contributed by atoms with Gasteiger partial charge in [0.25, 0.3) is 0 Å². The van der Waals surface area contributed by atoms with Crippen LogP contribution >= 0.6 is 0 Å². The number of rotatable bonds is 9. The number of carbonyl (C=O) groups is 3. The monoisotopic (exact) mass is 529 g/mol. The van der Waals surface area contributed by atoms with E-state index < -0.39 is 43.2 Å². The van der Waals surface area contributed by atoms with Gasteiger partial charge in [-0.1, -0.05) is 26.7 Å². The van der Waals surface area contributed by atoms with Gasteiger partial charge in [-0.15, -0.1) is 0 Å². The first-order valence-corrected chi connectivity index (χ1v) is 16.2. The molecule has 0 aliphatic heterocycles. The Bertz CT molecular complexity index is 742. The van der Waals surface area contributed by atoms with E-state index in [-0.39, 0.29) is 17.6 Å². The zero-order valence-electron chi connectivity index (χ0n) is 24.6. The highest BCUT2D eigenvalue weighted by Crippen LogP contribution is 2.41. The number of carbonyl (C=O) groups excluding carboxylic acids is 3. The van der Waals surface area contributed by atoms with Crippen LogP contribution in [0.4, 0.5) is 9.59 Å². The number of amides is 2. The quantitative estimate of drug-likeness (QED) is 0.149. The van der Waals surface area contributed by atoms with Crippen LogP contribution in [-0.4, -0.2) is 59.0 Å². The lowest BCUT2D eigenvalue weighted by Gasteiger charge is -2.39. The van der Waals surface area contributed by atoms with Crippen molar-refractivity contribution in [3.8, 4) is 0 Å². The highest BCUT2D eigenvalue weighted by Gasteiger charge is 2.51. The van der Waals surface area contributed by atoms with Crippen LogP contribution in [0.3, 0.4) is 0 Å². The Balaban J connectivity index is 3.31. The summed E-state index contributed by atoms with van der Waals surface area (Å²) in [6.07, 6.45) is 3.61. The van der Waals surface area contributed by atoms with Gasteiger partial charge >= 0.3 is 18.2 Å².